The van der Waals surface area contributed by atoms with Crippen LogP contribution in [0.4, 0.5) is 8.78 Å². The molecule has 0 amide bonds. The summed E-state index contributed by atoms with van der Waals surface area (Å²) in [6.45, 7) is 0. The SMILES string of the molecule is COc1cc(Cl)c(C(F)F)c(S(=O)(=O)Cl)n1. The van der Waals surface area contributed by atoms with Crippen LogP contribution < -0.4 is 4.74 Å². The molecule has 0 fully saturated rings. The van der Waals surface area contributed by atoms with E-state index in [9.17, 15) is 17.2 Å². The lowest BCUT2D eigenvalue weighted by Gasteiger charge is -2.09. The molecule has 0 aliphatic carbocycles. The molecular weight excluding hydrogens is 287 g/mol. The van der Waals surface area contributed by atoms with Crippen molar-refractivity contribution in [2.75, 3.05) is 7.11 Å². The molecule has 0 aliphatic rings. The minimum atomic E-state index is -4.42. The van der Waals surface area contributed by atoms with Crippen molar-refractivity contribution in [2.45, 2.75) is 11.5 Å². The van der Waals surface area contributed by atoms with E-state index in [1.54, 1.807) is 0 Å². The predicted molar refractivity (Wildman–Crippen MR) is 53.8 cm³/mol. The van der Waals surface area contributed by atoms with Gasteiger partial charge in [-0.2, -0.15) is 4.98 Å². The zero-order valence-corrected chi connectivity index (χ0v) is 10.1. The zero-order valence-electron chi connectivity index (χ0n) is 7.75. The van der Waals surface area contributed by atoms with Gasteiger partial charge in [-0.25, -0.2) is 17.2 Å². The Labute approximate surface area is 99.6 Å². The summed E-state index contributed by atoms with van der Waals surface area (Å²) in [5.41, 5.74) is -0.933. The fourth-order valence-corrected chi connectivity index (χ4v) is 2.30. The highest BCUT2D eigenvalue weighted by atomic mass is 35.7. The van der Waals surface area contributed by atoms with Gasteiger partial charge in [-0.1, -0.05) is 11.6 Å². The van der Waals surface area contributed by atoms with Crippen LogP contribution in [0, 0.1) is 0 Å². The molecule has 1 aromatic rings. The average Bonchev–Trinajstić information content (AvgIpc) is 2.14. The van der Waals surface area contributed by atoms with E-state index in [1.165, 1.54) is 7.11 Å². The number of methoxy groups -OCH3 is 1. The number of pyridine rings is 1. The van der Waals surface area contributed by atoms with Crippen molar-refractivity contribution in [1.82, 2.24) is 4.98 Å². The van der Waals surface area contributed by atoms with Gasteiger partial charge in [0.15, 0.2) is 5.03 Å². The first-order chi connectivity index (χ1) is 7.27. The third-order valence-electron chi connectivity index (χ3n) is 1.61. The number of ether oxygens (including phenoxy) is 1. The maximum Gasteiger partial charge on any atom is 0.279 e. The van der Waals surface area contributed by atoms with Gasteiger partial charge in [-0.3, -0.25) is 0 Å². The van der Waals surface area contributed by atoms with Gasteiger partial charge in [-0.15, -0.1) is 0 Å². The standard InChI is InChI=1S/C7H5Cl2F2NO3S/c1-15-4-2-3(8)5(6(10)11)7(12-4)16(9,13)14/h2,6H,1H3. The minimum absolute atomic E-state index is 0.214. The molecule has 0 atom stereocenters. The van der Waals surface area contributed by atoms with E-state index in [2.05, 4.69) is 9.72 Å². The molecule has 0 radical (unpaired) electrons. The molecule has 0 aromatic carbocycles. The molecule has 9 heteroatoms. The monoisotopic (exact) mass is 291 g/mol. The van der Waals surface area contributed by atoms with E-state index in [-0.39, 0.29) is 5.88 Å². The summed E-state index contributed by atoms with van der Waals surface area (Å²) >= 11 is 5.49. The van der Waals surface area contributed by atoms with Crippen LogP contribution in [0.15, 0.2) is 11.1 Å². The number of hydrogen-bond acceptors (Lipinski definition) is 4. The van der Waals surface area contributed by atoms with E-state index in [1.807, 2.05) is 0 Å². The third kappa shape index (κ3) is 2.72. The molecule has 0 bridgehead atoms. The minimum Gasteiger partial charge on any atom is -0.481 e. The fourth-order valence-electron chi connectivity index (χ4n) is 0.969. The number of halogens is 4. The molecule has 1 heterocycles. The number of alkyl halides is 2. The molecular formula is C7H5Cl2F2NO3S. The highest BCUT2D eigenvalue weighted by Gasteiger charge is 2.27. The Morgan fingerprint density at radius 2 is 2.06 bits per heavy atom. The first-order valence-corrected chi connectivity index (χ1v) is 6.43. The lowest BCUT2D eigenvalue weighted by Crippen LogP contribution is -2.04. The third-order valence-corrected chi connectivity index (χ3v) is 3.13. The van der Waals surface area contributed by atoms with Gasteiger partial charge in [0.2, 0.25) is 5.88 Å². The molecule has 0 saturated heterocycles. The van der Waals surface area contributed by atoms with Crippen LogP contribution in [-0.2, 0) is 9.05 Å². The average molecular weight is 292 g/mol. The van der Waals surface area contributed by atoms with Gasteiger partial charge < -0.3 is 4.74 Å². The summed E-state index contributed by atoms with van der Waals surface area (Å²) < 4.78 is 51.8. The molecule has 0 saturated carbocycles. The van der Waals surface area contributed by atoms with Crippen LogP contribution in [0.2, 0.25) is 5.02 Å². The Balaban J connectivity index is 3.60. The maximum atomic E-state index is 12.6. The number of rotatable bonds is 3. The Kier molecular flexibility index (Phi) is 3.92. The highest BCUT2D eigenvalue weighted by Crippen LogP contribution is 2.35. The predicted octanol–water partition coefficient (Wildman–Crippen LogP) is 2.61. The van der Waals surface area contributed by atoms with E-state index >= 15 is 0 Å². The molecule has 1 rings (SSSR count). The van der Waals surface area contributed by atoms with Gasteiger partial charge in [0.05, 0.1) is 17.7 Å². The summed E-state index contributed by atoms with van der Waals surface area (Å²) in [6.07, 6.45) is -3.10. The maximum absolute atomic E-state index is 12.6. The molecule has 0 aliphatic heterocycles. The largest absolute Gasteiger partial charge is 0.481 e. The van der Waals surface area contributed by atoms with E-state index in [4.69, 9.17) is 22.3 Å². The summed E-state index contributed by atoms with van der Waals surface area (Å²) in [5.74, 6) is -0.214. The fraction of sp³-hybridized carbons (Fsp3) is 0.286. The van der Waals surface area contributed by atoms with Crippen LogP contribution in [0.3, 0.4) is 0 Å². The van der Waals surface area contributed by atoms with Crippen molar-refractivity contribution in [1.29, 1.82) is 0 Å². The lowest BCUT2D eigenvalue weighted by atomic mass is 10.3. The smallest absolute Gasteiger partial charge is 0.279 e. The zero-order chi connectivity index (χ0) is 12.5. The molecule has 0 N–H and O–H groups in total. The summed E-state index contributed by atoms with van der Waals surface area (Å²) in [4.78, 5) is 3.34. The van der Waals surface area contributed by atoms with Gasteiger partial charge in [0, 0.05) is 16.7 Å². The van der Waals surface area contributed by atoms with Crippen molar-refractivity contribution in [3.05, 3.63) is 16.7 Å². The van der Waals surface area contributed by atoms with Gasteiger partial charge in [-0.05, 0) is 0 Å². The van der Waals surface area contributed by atoms with E-state index < -0.39 is 31.1 Å². The molecule has 16 heavy (non-hydrogen) atoms. The normalized spacial score (nSPS) is 11.9. The second kappa shape index (κ2) is 4.68. The summed E-state index contributed by atoms with van der Waals surface area (Å²) in [6, 6.07) is 0.981. The highest BCUT2D eigenvalue weighted by molar-refractivity contribution is 8.13. The number of hydrogen-bond donors (Lipinski definition) is 0. The second-order valence-electron chi connectivity index (χ2n) is 2.60. The number of nitrogens with zero attached hydrogens (tertiary/aromatic N) is 1. The Morgan fingerprint density at radius 1 is 1.50 bits per heavy atom. The number of aromatic nitrogens is 1. The first kappa shape index (κ1) is 13.4. The van der Waals surface area contributed by atoms with Crippen molar-refractivity contribution in [3.63, 3.8) is 0 Å². The topological polar surface area (TPSA) is 56.3 Å². The van der Waals surface area contributed by atoms with Gasteiger partial charge >= 0.3 is 0 Å². The molecule has 0 spiro atoms. The van der Waals surface area contributed by atoms with Gasteiger partial charge in [0.25, 0.3) is 15.5 Å². The summed E-state index contributed by atoms with van der Waals surface area (Å²) in [7, 11) is 1.74. The van der Waals surface area contributed by atoms with E-state index in [0.29, 0.717) is 0 Å². The summed E-state index contributed by atoms with van der Waals surface area (Å²) in [5, 5.41) is -1.46. The Hall–Kier alpha value is -0.660. The Bertz CT molecular complexity index is 507. The quantitative estimate of drug-likeness (QED) is 0.803. The second-order valence-corrected chi connectivity index (χ2v) is 5.49. The van der Waals surface area contributed by atoms with Crippen molar-refractivity contribution in [2.24, 2.45) is 0 Å². The van der Waals surface area contributed by atoms with Crippen molar-refractivity contribution in [3.8, 4) is 5.88 Å². The van der Waals surface area contributed by atoms with Crippen LogP contribution in [0.5, 0.6) is 5.88 Å². The van der Waals surface area contributed by atoms with Crippen LogP contribution in [0.1, 0.15) is 12.0 Å². The van der Waals surface area contributed by atoms with E-state index in [0.717, 1.165) is 6.07 Å². The lowest BCUT2D eigenvalue weighted by molar-refractivity contribution is 0.147. The molecule has 90 valence electrons. The molecule has 0 unspecified atom stereocenters. The van der Waals surface area contributed by atoms with Crippen LogP contribution in [-0.4, -0.2) is 20.5 Å². The van der Waals surface area contributed by atoms with Gasteiger partial charge in [0.1, 0.15) is 0 Å². The Morgan fingerprint density at radius 3 is 2.44 bits per heavy atom. The van der Waals surface area contributed by atoms with Crippen LogP contribution in [0.25, 0.3) is 0 Å². The molecule has 1 aromatic heterocycles. The van der Waals surface area contributed by atoms with Crippen LogP contribution >= 0.6 is 22.3 Å². The first-order valence-electron chi connectivity index (χ1n) is 3.74. The van der Waals surface area contributed by atoms with Crippen molar-refractivity contribution < 1.29 is 21.9 Å². The molecule has 4 nitrogen and oxygen atoms in total. The van der Waals surface area contributed by atoms with Crippen molar-refractivity contribution >= 4 is 31.3 Å².